The molecule has 3 fully saturated rings. The number of hydrogen-bond donors (Lipinski definition) is 3. The molecule has 4 amide bonds. The number of amides is 4. The summed E-state index contributed by atoms with van der Waals surface area (Å²) in [6.07, 6.45) is 4.63. The molecule has 32 heavy (non-hydrogen) atoms. The Morgan fingerprint density at radius 2 is 1.88 bits per heavy atom. The molecule has 0 spiro atoms. The minimum absolute atomic E-state index is 0.0364. The summed E-state index contributed by atoms with van der Waals surface area (Å²) in [4.78, 5) is 55.1. The van der Waals surface area contributed by atoms with E-state index in [1.807, 2.05) is 0 Å². The van der Waals surface area contributed by atoms with Gasteiger partial charge < -0.3 is 30.3 Å². The highest BCUT2D eigenvalue weighted by Crippen LogP contribution is 2.21. The largest absolute Gasteiger partial charge is 0.354 e. The quantitative estimate of drug-likeness (QED) is 0.555. The molecule has 4 rings (SSSR count). The molecule has 0 unspecified atom stereocenters. The fourth-order valence-corrected chi connectivity index (χ4v) is 4.78. The molecule has 3 N–H and O–H groups in total. The highest BCUT2D eigenvalue weighted by molar-refractivity contribution is 5.96. The molecule has 2 atom stereocenters. The van der Waals surface area contributed by atoms with Crippen LogP contribution in [0.1, 0.15) is 36.2 Å². The zero-order chi connectivity index (χ0) is 22.7. The second-order valence-corrected chi connectivity index (χ2v) is 8.82. The lowest BCUT2D eigenvalue weighted by Crippen LogP contribution is -2.64. The van der Waals surface area contributed by atoms with Crippen LogP contribution in [0.25, 0.3) is 0 Å². The maximum Gasteiger partial charge on any atom is 0.270 e. The summed E-state index contributed by atoms with van der Waals surface area (Å²) in [5, 5.41) is 8.86. The third-order valence-corrected chi connectivity index (χ3v) is 6.71. The first-order valence-corrected chi connectivity index (χ1v) is 11.5. The Morgan fingerprint density at radius 1 is 1.09 bits per heavy atom. The summed E-state index contributed by atoms with van der Waals surface area (Å²) in [6, 6.07) is 2.13. The van der Waals surface area contributed by atoms with Gasteiger partial charge in [-0.3, -0.25) is 19.2 Å². The van der Waals surface area contributed by atoms with Gasteiger partial charge in [0.05, 0.1) is 6.54 Å². The van der Waals surface area contributed by atoms with E-state index in [4.69, 9.17) is 0 Å². The van der Waals surface area contributed by atoms with E-state index in [2.05, 4.69) is 16.0 Å². The van der Waals surface area contributed by atoms with Crippen LogP contribution < -0.4 is 16.0 Å². The molecule has 0 bridgehead atoms. The van der Waals surface area contributed by atoms with Crippen molar-refractivity contribution in [3.8, 4) is 0 Å². The first-order valence-electron chi connectivity index (χ1n) is 11.5. The monoisotopic (exact) mass is 444 g/mol. The molecule has 3 aliphatic heterocycles. The van der Waals surface area contributed by atoms with Crippen LogP contribution in [0.3, 0.4) is 0 Å². The Labute approximate surface area is 187 Å². The van der Waals surface area contributed by atoms with Gasteiger partial charge in [-0.05, 0) is 50.9 Å². The molecule has 0 saturated carbocycles. The zero-order valence-corrected chi connectivity index (χ0v) is 18.5. The fourth-order valence-electron chi connectivity index (χ4n) is 4.78. The molecule has 10 heteroatoms. The second-order valence-electron chi connectivity index (χ2n) is 8.82. The summed E-state index contributed by atoms with van der Waals surface area (Å²) in [5.41, 5.74) is 0.536. The van der Waals surface area contributed by atoms with Crippen LogP contribution in [0, 0.1) is 5.92 Å². The first kappa shape index (κ1) is 22.3. The van der Waals surface area contributed by atoms with Gasteiger partial charge in [-0.15, -0.1) is 0 Å². The Hall–Kier alpha value is -2.88. The third-order valence-electron chi connectivity index (χ3n) is 6.71. The summed E-state index contributed by atoms with van der Waals surface area (Å²) < 4.78 is 1.75. The zero-order valence-electron chi connectivity index (χ0n) is 18.5. The Balaban J connectivity index is 1.52. The van der Waals surface area contributed by atoms with Gasteiger partial charge in [-0.25, -0.2) is 0 Å². The molecule has 1 aromatic heterocycles. The number of carbonyl (C=O) groups excluding carboxylic acids is 4. The van der Waals surface area contributed by atoms with E-state index >= 15 is 0 Å². The van der Waals surface area contributed by atoms with Gasteiger partial charge in [0.15, 0.2) is 0 Å². The normalized spacial score (nSPS) is 24.7. The number of piperazine rings is 1. The van der Waals surface area contributed by atoms with E-state index in [0.29, 0.717) is 31.7 Å². The van der Waals surface area contributed by atoms with Crippen LogP contribution in [0.4, 0.5) is 0 Å². The van der Waals surface area contributed by atoms with E-state index in [9.17, 15) is 19.2 Å². The molecule has 10 nitrogen and oxygen atoms in total. The molecule has 0 radical (unpaired) electrons. The number of carbonyl (C=O) groups is 4. The van der Waals surface area contributed by atoms with E-state index < -0.39 is 12.1 Å². The second kappa shape index (κ2) is 9.72. The molecule has 3 saturated heterocycles. The van der Waals surface area contributed by atoms with Gasteiger partial charge >= 0.3 is 0 Å². The number of aryl methyl sites for hydroxylation is 1. The Morgan fingerprint density at radius 3 is 2.56 bits per heavy atom. The number of nitrogens with zero attached hydrogens (tertiary/aromatic N) is 3. The summed E-state index contributed by atoms with van der Waals surface area (Å²) in [5.74, 6) is -0.905. The standard InChI is InChI=1S/C22H32N6O4/c1-26-11-3-5-17(26)22(32)27-12-13-28(21(31)15-6-9-23-10-7-15)18(14-27)20(30)25-16-4-2-8-24-19(16)29/h3,5,11,15-16,18,23H,2,4,6-10,12-14H2,1H3,(H,24,29)(H,25,30)/t16-,18-/m0/s1. The topological polar surface area (TPSA) is 116 Å². The number of piperidine rings is 2. The van der Waals surface area contributed by atoms with E-state index in [1.54, 1.807) is 39.7 Å². The van der Waals surface area contributed by atoms with Crippen LogP contribution >= 0.6 is 0 Å². The van der Waals surface area contributed by atoms with Crippen molar-refractivity contribution in [2.75, 3.05) is 39.3 Å². The third kappa shape index (κ3) is 4.64. The summed E-state index contributed by atoms with van der Waals surface area (Å²) in [7, 11) is 1.80. The van der Waals surface area contributed by atoms with Gasteiger partial charge in [0.2, 0.25) is 17.7 Å². The highest BCUT2D eigenvalue weighted by atomic mass is 16.2. The van der Waals surface area contributed by atoms with Crippen LogP contribution in [0.2, 0.25) is 0 Å². The molecular formula is C22H32N6O4. The van der Waals surface area contributed by atoms with Gasteiger partial charge in [0, 0.05) is 38.8 Å². The Bertz CT molecular complexity index is 878. The Kier molecular flexibility index (Phi) is 6.78. The van der Waals surface area contributed by atoms with Crippen molar-refractivity contribution >= 4 is 23.6 Å². The summed E-state index contributed by atoms with van der Waals surface area (Å²) in [6.45, 7) is 2.94. The average Bonchev–Trinajstić information content (AvgIpc) is 3.25. The predicted octanol–water partition coefficient (Wildman–Crippen LogP) is -0.927. The minimum Gasteiger partial charge on any atom is -0.354 e. The van der Waals surface area contributed by atoms with Crippen molar-refractivity contribution in [2.45, 2.75) is 37.8 Å². The molecular weight excluding hydrogens is 412 g/mol. The van der Waals surface area contributed by atoms with E-state index in [0.717, 1.165) is 32.4 Å². The number of nitrogens with one attached hydrogen (secondary N) is 3. The fraction of sp³-hybridized carbons (Fsp3) is 0.636. The minimum atomic E-state index is -0.815. The van der Waals surface area contributed by atoms with Crippen molar-refractivity contribution in [3.05, 3.63) is 24.0 Å². The molecule has 3 aliphatic rings. The predicted molar refractivity (Wildman–Crippen MR) is 117 cm³/mol. The SMILES string of the molecule is Cn1cccc1C(=O)N1CCN(C(=O)C2CCNCC2)[C@H](C(=O)N[C@H]2CCCNC2=O)C1. The van der Waals surface area contributed by atoms with Crippen LogP contribution in [-0.4, -0.2) is 89.3 Å². The van der Waals surface area contributed by atoms with Crippen molar-refractivity contribution in [1.29, 1.82) is 0 Å². The highest BCUT2D eigenvalue weighted by Gasteiger charge is 2.41. The molecule has 1 aromatic rings. The lowest BCUT2D eigenvalue weighted by Gasteiger charge is -2.42. The van der Waals surface area contributed by atoms with Gasteiger partial charge in [0.1, 0.15) is 17.8 Å². The van der Waals surface area contributed by atoms with Crippen LogP contribution in [0.5, 0.6) is 0 Å². The van der Waals surface area contributed by atoms with Crippen molar-refractivity contribution in [3.63, 3.8) is 0 Å². The number of hydrogen-bond acceptors (Lipinski definition) is 5. The summed E-state index contributed by atoms with van der Waals surface area (Å²) >= 11 is 0. The lowest BCUT2D eigenvalue weighted by atomic mass is 9.95. The van der Waals surface area contributed by atoms with Crippen molar-refractivity contribution < 1.29 is 19.2 Å². The van der Waals surface area contributed by atoms with Gasteiger partial charge in [-0.1, -0.05) is 0 Å². The molecule has 0 aromatic carbocycles. The molecule has 174 valence electrons. The van der Waals surface area contributed by atoms with Crippen LogP contribution in [0.15, 0.2) is 18.3 Å². The van der Waals surface area contributed by atoms with Crippen molar-refractivity contribution in [1.82, 2.24) is 30.3 Å². The number of rotatable bonds is 4. The smallest absolute Gasteiger partial charge is 0.270 e. The lowest BCUT2D eigenvalue weighted by molar-refractivity contribution is -0.147. The maximum absolute atomic E-state index is 13.3. The average molecular weight is 445 g/mol. The van der Waals surface area contributed by atoms with Crippen molar-refractivity contribution in [2.24, 2.45) is 13.0 Å². The first-order chi connectivity index (χ1) is 15.5. The van der Waals surface area contributed by atoms with E-state index in [1.165, 1.54) is 0 Å². The van der Waals surface area contributed by atoms with Crippen LogP contribution in [-0.2, 0) is 21.4 Å². The van der Waals surface area contributed by atoms with Gasteiger partial charge in [-0.2, -0.15) is 0 Å². The maximum atomic E-state index is 13.3. The number of aromatic nitrogens is 1. The van der Waals surface area contributed by atoms with E-state index in [-0.39, 0.29) is 36.1 Å². The molecule has 4 heterocycles. The molecule has 0 aliphatic carbocycles. The van der Waals surface area contributed by atoms with Gasteiger partial charge in [0.25, 0.3) is 5.91 Å².